The normalized spacial score (nSPS) is 17.4. The van der Waals surface area contributed by atoms with Crippen LogP contribution in [-0.2, 0) is 4.74 Å². The summed E-state index contributed by atoms with van der Waals surface area (Å²) in [6, 6.07) is 14.9. The summed E-state index contributed by atoms with van der Waals surface area (Å²) in [7, 11) is 1.70. The third-order valence-electron chi connectivity index (χ3n) is 3.71. The molecule has 1 aliphatic rings. The van der Waals surface area contributed by atoms with Crippen molar-refractivity contribution >= 4 is 21.4 Å². The van der Waals surface area contributed by atoms with Crippen LogP contribution in [0.4, 0.5) is 0 Å². The number of fused-ring (bicyclic) bond motifs is 1. The highest BCUT2D eigenvalue weighted by Crippen LogP contribution is 2.42. The summed E-state index contributed by atoms with van der Waals surface area (Å²) in [5.74, 6) is 0.887. The largest absolute Gasteiger partial charge is 0.497 e. The Morgan fingerprint density at radius 3 is 2.85 bits per heavy atom. The number of rotatable bonds is 3. The van der Waals surface area contributed by atoms with Crippen LogP contribution in [0.3, 0.4) is 0 Å². The second-order valence-electron chi connectivity index (χ2n) is 4.92. The minimum atomic E-state index is 0.218. The van der Waals surface area contributed by atoms with Crippen LogP contribution in [0.25, 0.3) is 21.2 Å². The van der Waals surface area contributed by atoms with Gasteiger partial charge in [-0.3, -0.25) is 0 Å². The summed E-state index contributed by atoms with van der Waals surface area (Å²) >= 11 is 1.79. The van der Waals surface area contributed by atoms with Gasteiger partial charge in [-0.25, -0.2) is 0 Å². The molecule has 20 heavy (non-hydrogen) atoms. The number of hydrogen-bond donors (Lipinski definition) is 0. The van der Waals surface area contributed by atoms with Gasteiger partial charge in [0.2, 0.25) is 0 Å². The minimum absolute atomic E-state index is 0.218. The van der Waals surface area contributed by atoms with Crippen molar-refractivity contribution in [3.8, 4) is 16.9 Å². The number of benzene rings is 2. The van der Waals surface area contributed by atoms with Gasteiger partial charge in [-0.05, 0) is 45.7 Å². The lowest BCUT2D eigenvalue weighted by molar-refractivity contribution is 0.405. The molecule has 1 saturated heterocycles. The van der Waals surface area contributed by atoms with Gasteiger partial charge in [-0.2, -0.15) is 0 Å². The molecule has 2 nitrogen and oxygen atoms in total. The second kappa shape index (κ2) is 4.62. The van der Waals surface area contributed by atoms with Gasteiger partial charge in [0.05, 0.1) is 13.7 Å². The van der Waals surface area contributed by atoms with Crippen LogP contribution >= 0.6 is 11.3 Å². The molecule has 0 saturated carbocycles. The minimum Gasteiger partial charge on any atom is -0.497 e. The monoisotopic (exact) mass is 282 g/mol. The zero-order chi connectivity index (χ0) is 13.5. The van der Waals surface area contributed by atoms with Gasteiger partial charge < -0.3 is 9.47 Å². The van der Waals surface area contributed by atoms with E-state index >= 15 is 0 Å². The van der Waals surface area contributed by atoms with Gasteiger partial charge in [-0.1, -0.05) is 24.3 Å². The Morgan fingerprint density at radius 1 is 1.15 bits per heavy atom. The third-order valence-corrected chi connectivity index (χ3v) is 4.67. The molecule has 1 aromatic heterocycles. The number of ether oxygens (including phenoxy) is 2. The number of methoxy groups -OCH3 is 1. The lowest BCUT2D eigenvalue weighted by Gasteiger charge is -2.11. The van der Waals surface area contributed by atoms with Crippen molar-refractivity contribution in [2.24, 2.45) is 0 Å². The van der Waals surface area contributed by atoms with Crippen molar-refractivity contribution in [1.82, 2.24) is 0 Å². The Hall–Kier alpha value is -1.84. The van der Waals surface area contributed by atoms with E-state index in [1.54, 1.807) is 18.4 Å². The fourth-order valence-electron chi connectivity index (χ4n) is 2.61. The van der Waals surface area contributed by atoms with E-state index in [0.29, 0.717) is 0 Å². The van der Waals surface area contributed by atoms with Crippen molar-refractivity contribution in [1.29, 1.82) is 0 Å². The van der Waals surface area contributed by atoms with Crippen LogP contribution in [0, 0.1) is 0 Å². The van der Waals surface area contributed by atoms with Crippen molar-refractivity contribution in [2.45, 2.75) is 6.10 Å². The Kier molecular flexibility index (Phi) is 2.76. The SMILES string of the molecule is COc1ccc(-c2cccc3ccsc23)c(C2CO2)c1. The smallest absolute Gasteiger partial charge is 0.119 e. The van der Waals surface area contributed by atoms with Gasteiger partial charge in [0, 0.05) is 4.70 Å². The quantitative estimate of drug-likeness (QED) is 0.652. The van der Waals surface area contributed by atoms with Gasteiger partial charge in [0.25, 0.3) is 0 Å². The molecular weight excluding hydrogens is 268 g/mol. The Bertz CT molecular complexity index is 772. The predicted molar refractivity (Wildman–Crippen MR) is 82.5 cm³/mol. The molecule has 0 amide bonds. The summed E-state index contributed by atoms with van der Waals surface area (Å²) < 4.78 is 12.2. The molecule has 4 rings (SSSR count). The van der Waals surface area contributed by atoms with Crippen LogP contribution < -0.4 is 4.74 Å². The second-order valence-corrected chi connectivity index (χ2v) is 5.84. The first-order valence-corrected chi connectivity index (χ1v) is 7.51. The maximum Gasteiger partial charge on any atom is 0.119 e. The van der Waals surface area contributed by atoms with E-state index in [-0.39, 0.29) is 6.10 Å². The van der Waals surface area contributed by atoms with Crippen molar-refractivity contribution in [3.05, 3.63) is 53.4 Å². The molecule has 3 heteroatoms. The first-order valence-electron chi connectivity index (χ1n) is 6.63. The van der Waals surface area contributed by atoms with Crippen LogP contribution in [0.5, 0.6) is 5.75 Å². The van der Waals surface area contributed by atoms with E-state index in [0.717, 1.165) is 12.4 Å². The zero-order valence-electron chi connectivity index (χ0n) is 11.1. The average Bonchev–Trinajstić information content (AvgIpc) is 3.23. The molecule has 0 radical (unpaired) electrons. The fraction of sp³-hybridized carbons (Fsp3) is 0.176. The summed E-state index contributed by atoms with van der Waals surface area (Å²) in [5, 5.41) is 3.44. The lowest BCUT2D eigenvalue weighted by atomic mass is 9.96. The van der Waals surface area contributed by atoms with Crippen LogP contribution in [0.15, 0.2) is 47.8 Å². The molecule has 1 aliphatic heterocycles. The number of hydrogen-bond acceptors (Lipinski definition) is 3. The Morgan fingerprint density at radius 2 is 2.05 bits per heavy atom. The van der Waals surface area contributed by atoms with Crippen molar-refractivity contribution < 1.29 is 9.47 Å². The van der Waals surface area contributed by atoms with E-state index in [2.05, 4.69) is 41.8 Å². The number of thiophene rings is 1. The molecule has 2 heterocycles. The molecule has 3 aromatic rings. The summed E-state index contributed by atoms with van der Waals surface area (Å²) in [5.41, 5.74) is 3.76. The highest BCUT2D eigenvalue weighted by atomic mass is 32.1. The molecule has 0 bridgehead atoms. The summed E-state index contributed by atoms with van der Waals surface area (Å²) in [6.45, 7) is 0.806. The van der Waals surface area contributed by atoms with Crippen molar-refractivity contribution in [3.63, 3.8) is 0 Å². The number of epoxide rings is 1. The van der Waals surface area contributed by atoms with E-state index < -0.39 is 0 Å². The molecule has 1 fully saturated rings. The molecule has 2 aromatic carbocycles. The van der Waals surface area contributed by atoms with Gasteiger partial charge >= 0.3 is 0 Å². The fourth-order valence-corrected chi connectivity index (χ4v) is 3.54. The first kappa shape index (κ1) is 11.9. The molecule has 0 N–H and O–H groups in total. The van der Waals surface area contributed by atoms with E-state index in [1.165, 1.54) is 26.8 Å². The maximum absolute atomic E-state index is 5.50. The highest BCUT2D eigenvalue weighted by Gasteiger charge is 2.28. The molecule has 1 atom stereocenters. The van der Waals surface area contributed by atoms with Crippen LogP contribution in [-0.4, -0.2) is 13.7 Å². The van der Waals surface area contributed by atoms with Gasteiger partial charge in [-0.15, -0.1) is 11.3 Å². The van der Waals surface area contributed by atoms with Crippen molar-refractivity contribution in [2.75, 3.05) is 13.7 Å². The average molecular weight is 282 g/mol. The van der Waals surface area contributed by atoms with E-state index in [1.807, 2.05) is 6.07 Å². The van der Waals surface area contributed by atoms with Crippen LogP contribution in [0.2, 0.25) is 0 Å². The lowest BCUT2D eigenvalue weighted by Crippen LogP contribution is -1.91. The maximum atomic E-state index is 5.50. The Labute approximate surface area is 121 Å². The van der Waals surface area contributed by atoms with E-state index in [9.17, 15) is 0 Å². The summed E-state index contributed by atoms with van der Waals surface area (Å²) in [6.07, 6.45) is 0.218. The molecule has 1 unspecified atom stereocenters. The predicted octanol–water partition coefficient (Wildman–Crippen LogP) is 4.65. The topological polar surface area (TPSA) is 21.8 Å². The molecular formula is C17H14O2S. The van der Waals surface area contributed by atoms with Crippen LogP contribution in [0.1, 0.15) is 11.7 Å². The third kappa shape index (κ3) is 1.90. The van der Waals surface area contributed by atoms with E-state index in [4.69, 9.17) is 9.47 Å². The van der Waals surface area contributed by atoms with Gasteiger partial charge in [0.1, 0.15) is 11.9 Å². The molecule has 0 aliphatic carbocycles. The molecule has 0 spiro atoms. The zero-order valence-corrected chi connectivity index (χ0v) is 11.9. The Balaban J connectivity index is 1.95. The molecule has 100 valence electrons. The summed E-state index contributed by atoms with van der Waals surface area (Å²) in [4.78, 5) is 0. The first-order chi connectivity index (χ1) is 9.86. The van der Waals surface area contributed by atoms with Gasteiger partial charge in [0.15, 0.2) is 0 Å². The highest BCUT2D eigenvalue weighted by molar-refractivity contribution is 7.17. The standard InChI is InChI=1S/C17H14O2S/c1-18-12-5-6-13(15(9-12)16-10-19-16)14-4-2-3-11-7-8-20-17(11)14/h2-9,16H,10H2,1H3.